The maximum absolute atomic E-state index is 13.1. The fraction of sp³-hybridized carbons (Fsp3) is 0.370. The molecule has 4 nitrogen and oxygen atoms in total. The molecule has 1 aliphatic carbocycles. The Bertz CT molecular complexity index is 1180. The first-order valence-electron chi connectivity index (χ1n) is 11.5. The zero-order valence-electron chi connectivity index (χ0n) is 19.2. The number of amides is 1. The normalized spacial score (nSPS) is 19.8. The predicted molar refractivity (Wildman–Crippen MR) is 135 cm³/mol. The molecule has 0 radical (unpaired) electrons. The van der Waals surface area contributed by atoms with E-state index >= 15 is 0 Å². The third kappa shape index (κ3) is 4.49. The predicted octanol–water partition coefficient (Wildman–Crippen LogP) is 6.99. The average Bonchev–Trinajstić information content (AvgIpc) is 3.16. The topological polar surface area (TPSA) is 50.4 Å². The van der Waals surface area contributed by atoms with Gasteiger partial charge in [0.2, 0.25) is 0 Å². The molecule has 5 rings (SSSR count). The molecule has 172 valence electrons. The van der Waals surface area contributed by atoms with E-state index in [9.17, 15) is 4.79 Å². The molecule has 6 heteroatoms. The Morgan fingerprint density at radius 3 is 2.58 bits per heavy atom. The van der Waals surface area contributed by atoms with Crippen molar-refractivity contribution in [2.75, 3.05) is 5.32 Å². The number of ether oxygens (including phenoxy) is 1. The number of halogens is 1. The Morgan fingerprint density at radius 1 is 1.09 bits per heavy atom. The number of nitrogens with one attached hydrogen (secondary N) is 2. The summed E-state index contributed by atoms with van der Waals surface area (Å²) in [6.45, 7) is 7.37. The molecule has 33 heavy (non-hydrogen) atoms. The van der Waals surface area contributed by atoms with Gasteiger partial charge in [-0.25, -0.2) is 0 Å². The van der Waals surface area contributed by atoms with Gasteiger partial charge in [-0.3, -0.25) is 4.79 Å². The van der Waals surface area contributed by atoms with Gasteiger partial charge < -0.3 is 15.4 Å². The first-order valence-corrected chi connectivity index (χ1v) is 12.7. The van der Waals surface area contributed by atoms with Crippen molar-refractivity contribution in [3.05, 3.63) is 80.7 Å². The van der Waals surface area contributed by atoms with Crippen LogP contribution < -0.4 is 15.4 Å². The molecule has 0 saturated heterocycles. The summed E-state index contributed by atoms with van der Waals surface area (Å²) in [5.74, 6) is 1.45. The maximum Gasteiger partial charge on any atom is 0.256 e. The van der Waals surface area contributed by atoms with Crippen molar-refractivity contribution in [2.24, 2.45) is 11.3 Å². The third-order valence-electron chi connectivity index (χ3n) is 6.83. The van der Waals surface area contributed by atoms with Gasteiger partial charge in [-0.15, -0.1) is 11.3 Å². The van der Waals surface area contributed by atoms with Crippen LogP contribution in [-0.2, 0) is 19.4 Å². The van der Waals surface area contributed by atoms with Gasteiger partial charge in [-0.05, 0) is 59.9 Å². The van der Waals surface area contributed by atoms with Gasteiger partial charge >= 0.3 is 0 Å². The lowest BCUT2D eigenvalue weighted by Gasteiger charge is -2.34. The summed E-state index contributed by atoms with van der Waals surface area (Å²) in [7, 11) is 0. The Morgan fingerprint density at radius 2 is 1.85 bits per heavy atom. The van der Waals surface area contributed by atoms with E-state index in [4.69, 9.17) is 16.3 Å². The lowest BCUT2D eigenvalue weighted by molar-refractivity contribution is 0.0935. The number of benzene rings is 2. The van der Waals surface area contributed by atoms with Crippen LogP contribution in [0.3, 0.4) is 0 Å². The van der Waals surface area contributed by atoms with Crippen molar-refractivity contribution in [1.82, 2.24) is 5.32 Å². The largest absolute Gasteiger partial charge is 0.489 e. The minimum Gasteiger partial charge on any atom is -0.489 e. The first-order chi connectivity index (χ1) is 15.8. The van der Waals surface area contributed by atoms with Crippen LogP contribution in [0.25, 0.3) is 0 Å². The quantitative estimate of drug-likeness (QED) is 0.423. The van der Waals surface area contributed by atoms with E-state index in [0.29, 0.717) is 17.5 Å². The van der Waals surface area contributed by atoms with Crippen molar-refractivity contribution in [3.8, 4) is 5.75 Å². The van der Waals surface area contributed by atoms with Crippen molar-refractivity contribution in [1.29, 1.82) is 0 Å². The van der Waals surface area contributed by atoms with Crippen molar-refractivity contribution >= 4 is 33.8 Å². The number of hydrogen-bond acceptors (Lipinski definition) is 4. The molecule has 2 atom stereocenters. The average molecular weight is 481 g/mol. The smallest absolute Gasteiger partial charge is 0.256 e. The highest BCUT2D eigenvalue weighted by Crippen LogP contribution is 2.46. The summed E-state index contributed by atoms with van der Waals surface area (Å²) in [5.41, 5.74) is 4.35. The van der Waals surface area contributed by atoms with Gasteiger partial charge in [-0.2, -0.15) is 0 Å². The molecular weight excluding hydrogens is 452 g/mol. The fourth-order valence-electron chi connectivity index (χ4n) is 4.74. The van der Waals surface area contributed by atoms with Crippen LogP contribution in [0.4, 0.5) is 5.00 Å². The summed E-state index contributed by atoms with van der Waals surface area (Å²) in [6, 6.07) is 15.5. The van der Waals surface area contributed by atoms with Crippen LogP contribution in [0.5, 0.6) is 5.75 Å². The van der Waals surface area contributed by atoms with E-state index in [1.165, 1.54) is 10.4 Å². The van der Waals surface area contributed by atoms with Crippen molar-refractivity contribution in [3.63, 3.8) is 0 Å². The monoisotopic (exact) mass is 480 g/mol. The highest BCUT2D eigenvalue weighted by molar-refractivity contribution is 7.16. The third-order valence-corrected chi connectivity index (χ3v) is 8.39. The lowest BCUT2D eigenvalue weighted by atomic mass is 9.72. The van der Waals surface area contributed by atoms with Crippen molar-refractivity contribution < 1.29 is 9.53 Å². The zero-order valence-corrected chi connectivity index (χ0v) is 20.8. The Balaban J connectivity index is 1.29. The Kier molecular flexibility index (Phi) is 5.87. The lowest BCUT2D eigenvalue weighted by Crippen LogP contribution is -2.38. The molecule has 2 heterocycles. The molecule has 2 N–H and O–H groups in total. The van der Waals surface area contributed by atoms with Crippen LogP contribution in [0.1, 0.15) is 65.3 Å². The molecule has 2 unspecified atom stereocenters. The molecule has 1 aliphatic heterocycles. The molecule has 1 aromatic heterocycles. The number of rotatable bonds is 4. The summed E-state index contributed by atoms with van der Waals surface area (Å²) in [6.07, 6.45) is 2.95. The Labute approximate surface area is 204 Å². The number of hydrogen-bond donors (Lipinski definition) is 2. The standard InChI is InChI=1S/C27H29ClN2O2S/c1-27(2,3)18-10-13-20-22(14-18)33-26-23(20)25(31)29-24(30-26)16-8-11-19(12-9-16)32-15-17-6-4-5-7-21(17)28/h4-9,11-12,18,24,30H,10,13-15H2,1-3H3,(H,29,31). The number of carbonyl (C=O) groups excluding carboxylic acids is 1. The molecule has 3 aromatic rings. The van der Waals surface area contributed by atoms with Crippen LogP contribution in [0, 0.1) is 11.3 Å². The van der Waals surface area contributed by atoms with E-state index in [1.807, 2.05) is 48.5 Å². The summed E-state index contributed by atoms with van der Waals surface area (Å²) in [4.78, 5) is 14.4. The molecule has 2 aliphatic rings. The molecular formula is C27H29ClN2O2S. The van der Waals surface area contributed by atoms with Gasteiger partial charge in [0.1, 0.15) is 23.5 Å². The van der Waals surface area contributed by atoms with Crippen LogP contribution in [0.2, 0.25) is 5.02 Å². The van der Waals surface area contributed by atoms with Gasteiger partial charge in [0.25, 0.3) is 5.91 Å². The van der Waals surface area contributed by atoms with Crippen molar-refractivity contribution in [2.45, 2.75) is 52.8 Å². The zero-order chi connectivity index (χ0) is 23.2. The first kappa shape index (κ1) is 22.3. The number of fused-ring (bicyclic) bond motifs is 3. The maximum atomic E-state index is 13.1. The van der Waals surface area contributed by atoms with Crippen LogP contribution in [-0.4, -0.2) is 5.91 Å². The minimum absolute atomic E-state index is 0.0273. The highest BCUT2D eigenvalue weighted by atomic mass is 35.5. The molecule has 2 aromatic carbocycles. The summed E-state index contributed by atoms with van der Waals surface area (Å²) >= 11 is 7.97. The van der Waals surface area contributed by atoms with Gasteiger partial charge in [-0.1, -0.05) is 62.7 Å². The molecule has 0 fully saturated rings. The van der Waals surface area contributed by atoms with Crippen LogP contribution >= 0.6 is 22.9 Å². The van der Waals surface area contributed by atoms with Gasteiger partial charge in [0, 0.05) is 15.5 Å². The van der Waals surface area contributed by atoms with E-state index < -0.39 is 0 Å². The fourth-order valence-corrected chi connectivity index (χ4v) is 6.28. The van der Waals surface area contributed by atoms with Gasteiger partial charge in [0.15, 0.2) is 0 Å². The van der Waals surface area contributed by atoms with Gasteiger partial charge in [0.05, 0.1) is 5.56 Å². The Hall–Kier alpha value is -2.50. The number of thiophene rings is 1. The highest BCUT2D eigenvalue weighted by Gasteiger charge is 2.36. The molecule has 1 amide bonds. The summed E-state index contributed by atoms with van der Waals surface area (Å²) < 4.78 is 5.89. The van der Waals surface area contributed by atoms with E-state index in [2.05, 4.69) is 31.4 Å². The van der Waals surface area contributed by atoms with E-state index in [1.54, 1.807) is 11.3 Å². The molecule has 0 spiro atoms. The second-order valence-corrected chi connectivity index (χ2v) is 11.5. The second-order valence-electron chi connectivity index (χ2n) is 10.0. The SMILES string of the molecule is CC(C)(C)C1CCc2c(sc3c2C(=O)NC(c2ccc(OCc4ccccc4Cl)cc2)N3)C1. The molecule has 0 saturated carbocycles. The second kappa shape index (κ2) is 8.69. The van der Waals surface area contributed by atoms with Crippen LogP contribution in [0.15, 0.2) is 48.5 Å². The summed E-state index contributed by atoms with van der Waals surface area (Å²) in [5, 5.41) is 8.42. The van der Waals surface area contributed by atoms with E-state index in [-0.39, 0.29) is 17.5 Å². The molecule has 0 bridgehead atoms. The van der Waals surface area contributed by atoms with E-state index in [0.717, 1.165) is 46.7 Å². The number of anilines is 1. The minimum atomic E-state index is -0.249. The number of carbonyl (C=O) groups is 1.